The van der Waals surface area contributed by atoms with E-state index in [0.717, 1.165) is 24.3 Å². The lowest BCUT2D eigenvalue weighted by molar-refractivity contribution is 0.0731. The lowest BCUT2D eigenvalue weighted by atomic mass is 10.0. The Labute approximate surface area is 204 Å². The molecule has 2 aromatic carbocycles. The van der Waals surface area contributed by atoms with Crippen LogP contribution in [-0.2, 0) is 17.7 Å². The van der Waals surface area contributed by atoms with E-state index in [4.69, 9.17) is 28.9 Å². The van der Waals surface area contributed by atoms with Gasteiger partial charge in [0.1, 0.15) is 17.2 Å². The molecule has 2 aliphatic rings. The Morgan fingerprint density at radius 1 is 0.914 bits per heavy atom. The second-order valence-corrected chi connectivity index (χ2v) is 8.35. The van der Waals surface area contributed by atoms with Gasteiger partial charge in [-0.25, -0.2) is 4.98 Å². The molecule has 182 valence electrons. The Balaban J connectivity index is 1.47. The van der Waals surface area contributed by atoms with Gasteiger partial charge in [0.15, 0.2) is 0 Å². The van der Waals surface area contributed by atoms with Crippen molar-refractivity contribution in [3.05, 3.63) is 65.4 Å². The number of carbonyl (C=O) groups excluding carboxylic acids is 1. The number of anilines is 1. The summed E-state index contributed by atoms with van der Waals surface area (Å²) in [7, 11) is 3.13. The van der Waals surface area contributed by atoms with Crippen LogP contribution in [0.25, 0.3) is 0 Å². The van der Waals surface area contributed by atoms with Crippen LogP contribution < -0.4 is 19.1 Å². The summed E-state index contributed by atoms with van der Waals surface area (Å²) in [5, 5.41) is 0. The number of aromatic nitrogens is 2. The molecule has 1 amide bonds. The van der Waals surface area contributed by atoms with Gasteiger partial charge in [-0.15, -0.1) is 0 Å². The maximum atomic E-state index is 13.4. The van der Waals surface area contributed by atoms with Crippen molar-refractivity contribution in [2.45, 2.75) is 13.0 Å². The fourth-order valence-corrected chi connectivity index (χ4v) is 4.25. The number of morpholine rings is 1. The number of nitrogens with zero attached hydrogens (tertiary/aromatic N) is 4. The van der Waals surface area contributed by atoms with Gasteiger partial charge in [-0.3, -0.25) is 4.79 Å². The van der Waals surface area contributed by atoms with E-state index < -0.39 is 0 Å². The van der Waals surface area contributed by atoms with E-state index in [1.54, 1.807) is 37.3 Å². The minimum atomic E-state index is -0.115. The van der Waals surface area contributed by atoms with Crippen LogP contribution in [-0.4, -0.2) is 67.8 Å². The molecule has 9 nitrogen and oxygen atoms in total. The highest BCUT2D eigenvalue weighted by molar-refractivity contribution is 5.95. The van der Waals surface area contributed by atoms with Gasteiger partial charge in [0.25, 0.3) is 5.91 Å². The third-order valence-electron chi connectivity index (χ3n) is 6.15. The SMILES string of the molecule is COc1cc(OC)cc(C(=O)N2CCc3nc(N4CCOCC4)nc(Oc4ccccc4)c3C2)c1. The van der Waals surface area contributed by atoms with Gasteiger partial charge in [0.2, 0.25) is 11.8 Å². The van der Waals surface area contributed by atoms with Gasteiger partial charge < -0.3 is 28.7 Å². The second kappa shape index (κ2) is 10.2. The molecule has 1 fully saturated rings. The number of ether oxygens (including phenoxy) is 4. The molecule has 5 rings (SSSR count). The zero-order valence-electron chi connectivity index (χ0n) is 19.9. The summed E-state index contributed by atoms with van der Waals surface area (Å²) in [6, 6.07) is 14.7. The average molecular weight is 477 g/mol. The molecule has 0 radical (unpaired) electrons. The number of carbonyl (C=O) groups is 1. The molecule has 1 saturated heterocycles. The van der Waals surface area contributed by atoms with Gasteiger partial charge >= 0.3 is 0 Å². The van der Waals surface area contributed by atoms with E-state index in [1.165, 1.54) is 0 Å². The third-order valence-corrected chi connectivity index (χ3v) is 6.15. The first-order valence-electron chi connectivity index (χ1n) is 11.6. The molecule has 0 unspecified atom stereocenters. The first-order chi connectivity index (χ1) is 17.1. The van der Waals surface area contributed by atoms with Crippen molar-refractivity contribution < 1.29 is 23.7 Å². The largest absolute Gasteiger partial charge is 0.497 e. The van der Waals surface area contributed by atoms with Gasteiger partial charge in [-0.05, 0) is 24.3 Å². The summed E-state index contributed by atoms with van der Waals surface area (Å²) >= 11 is 0. The van der Waals surface area contributed by atoms with E-state index in [0.29, 0.717) is 67.4 Å². The molecule has 3 aromatic rings. The normalized spacial score (nSPS) is 15.4. The lowest BCUT2D eigenvalue weighted by Crippen LogP contribution is -2.39. The standard InChI is InChI=1S/C26H28N4O5/c1-32-20-14-18(15-21(16-20)33-2)25(31)30-9-8-23-22(17-30)24(35-19-6-4-3-5-7-19)28-26(27-23)29-10-12-34-13-11-29/h3-7,14-16H,8-13,17H2,1-2H3. The number of amides is 1. The highest BCUT2D eigenvalue weighted by Gasteiger charge is 2.29. The van der Waals surface area contributed by atoms with Crippen LogP contribution in [0.4, 0.5) is 5.95 Å². The average Bonchev–Trinajstić information content (AvgIpc) is 2.93. The van der Waals surface area contributed by atoms with Crippen molar-refractivity contribution in [3.63, 3.8) is 0 Å². The van der Waals surface area contributed by atoms with Crippen LogP contribution in [0, 0.1) is 0 Å². The Morgan fingerprint density at radius 2 is 1.63 bits per heavy atom. The molecule has 35 heavy (non-hydrogen) atoms. The molecule has 1 aromatic heterocycles. The van der Waals surface area contributed by atoms with E-state index in [9.17, 15) is 4.79 Å². The van der Waals surface area contributed by atoms with Crippen LogP contribution in [0.2, 0.25) is 0 Å². The molecule has 2 aliphatic heterocycles. The summed E-state index contributed by atoms with van der Waals surface area (Å²) in [6.45, 7) is 3.62. The molecule has 0 N–H and O–H groups in total. The molecular weight excluding hydrogens is 448 g/mol. The summed E-state index contributed by atoms with van der Waals surface area (Å²) in [5.41, 5.74) is 2.22. The second-order valence-electron chi connectivity index (χ2n) is 8.35. The number of rotatable bonds is 6. The maximum Gasteiger partial charge on any atom is 0.254 e. The smallest absolute Gasteiger partial charge is 0.254 e. The highest BCUT2D eigenvalue weighted by Crippen LogP contribution is 2.33. The molecule has 0 bridgehead atoms. The molecule has 3 heterocycles. The maximum absolute atomic E-state index is 13.4. The Kier molecular flexibility index (Phi) is 6.67. The van der Waals surface area contributed by atoms with Crippen molar-refractivity contribution >= 4 is 11.9 Å². The molecule has 0 aliphatic carbocycles. The highest BCUT2D eigenvalue weighted by atomic mass is 16.5. The summed E-state index contributed by atoms with van der Waals surface area (Å²) in [5.74, 6) is 2.81. The summed E-state index contributed by atoms with van der Waals surface area (Å²) < 4.78 is 22.4. The van der Waals surface area contributed by atoms with Crippen molar-refractivity contribution in [2.24, 2.45) is 0 Å². The van der Waals surface area contributed by atoms with E-state index >= 15 is 0 Å². The topological polar surface area (TPSA) is 86.3 Å². The van der Waals surface area contributed by atoms with Crippen LogP contribution in [0.1, 0.15) is 21.6 Å². The molecule has 0 saturated carbocycles. The number of methoxy groups -OCH3 is 2. The third kappa shape index (κ3) is 5.00. The molecule has 0 atom stereocenters. The van der Waals surface area contributed by atoms with Crippen molar-refractivity contribution in [2.75, 3.05) is 52.0 Å². The van der Waals surface area contributed by atoms with Crippen LogP contribution in [0.3, 0.4) is 0 Å². The summed E-state index contributed by atoms with van der Waals surface area (Å²) in [4.78, 5) is 27.0. The minimum absolute atomic E-state index is 0.115. The number of hydrogen-bond donors (Lipinski definition) is 0. The Morgan fingerprint density at radius 3 is 2.31 bits per heavy atom. The number of hydrogen-bond acceptors (Lipinski definition) is 8. The molecule has 9 heteroatoms. The number of para-hydroxylation sites is 1. The summed E-state index contributed by atoms with van der Waals surface area (Å²) in [6.07, 6.45) is 0.604. The van der Waals surface area contributed by atoms with E-state index in [1.807, 2.05) is 30.3 Å². The number of benzene rings is 2. The van der Waals surface area contributed by atoms with Crippen molar-refractivity contribution in [3.8, 4) is 23.1 Å². The monoisotopic (exact) mass is 476 g/mol. The van der Waals surface area contributed by atoms with E-state index in [-0.39, 0.29) is 5.91 Å². The van der Waals surface area contributed by atoms with Crippen molar-refractivity contribution in [1.82, 2.24) is 14.9 Å². The zero-order chi connectivity index (χ0) is 24.2. The molecule has 0 spiro atoms. The van der Waals surface area contributed by atoms with Crippen LogP contribution >= 0.6 is 0 Å². The Bertz CT molecular complexity index is 1180. The van der Waals surface area contributed by atoms with E-state index in [2.05, 4.69) is 4.90 Å². The van der Waals surface area contributed by atoms with Crippen LogP contribution in [0.15, 0.2) is 48.5 Å². The van der Waals surface area contributed by atoms with Crippen molar-refractivity contribution in [1.29, 1.82) is 0 Å². The Hall–Kier alpha value is -3.85. The van der Waals surface area contributed by atoms with Gasteiger partial charge in [-0.2, -0.15) is 4.98 Å². The number of fused-ring (bicyclic) bond motifs is 1. The zero-order valence-corrected chi connectivity index (χ0v) is 19.9. The lowest BCUT2D eigenvalue weighted by Gasteiger charge is -2.32. The minimum Gasteiger partial charge on any atom is -0.497 e. The first-order valence-corrected chi connectivity index (χ1v) is 11.6. The van der Waals surface area contributed by atoms with Gasteiger partial charge in [0.05, 0.1) is 45.2 Å². The predicted octanol–water partition coefficient (Wildman–Crippen LogP) is 3.32. The predicted molar refractivity (Wildman–Crippen MR) is 130 cm³/mol. The van der Waals surface area contributed by atoms with Gasteiger partial charge in [0, 0.05) is 37.7 Å². The van der Waals surface area contributed by atoms with Gasteiger partial charge in [-0.1, -0.05) is 18.2 Å². The van der Waals surface area contributed by atoms with Crippen LogP contribution in [0.5, 0.6) is 23.1 Å². The first kappa shape index (κ1) is 22.9. The quantitative estimate of drug-likeness (QED) is 0.536. The molecular formula is C26H28N4O5. The fourth-order valence-electron chi connectivity index (χ4n) is 4.25. The fraction of sp³-hybridized carbons (Fsp3) is 0.346.